The summed E-state index contributed by atoms with van der Waals surface area (Å²) < 4.78 is 0. The van der Waals surface area contributed by atoms with Gasteiger partial charge in [-0.05, 0) is 47.3 Å². The molecule has 0 radical (unpaired) electrons. The summed E-state index contributed by atoms with van der Waals surface area (Å²) in [5.74, 6) is 0.847. The first-order valence-corrected chi connectivity index (χ1v) is 8.41. The molecule has 0 amide bonds. The fraction of sp³-hybridized carbons (Fsp3) is 0.650. The van der Waals surface area contributed by atoms with E-state index in [0.29, 0.717) is 11.7 Å². The Kier molecular flexibility index (Phi) is 6.64. The van der Waals surface area contributed by atoms with Crippen LogP contribution in [0.2, 0.25) is 0 Å². The first-order chi connectivity index (χ1) is 9.77. The molecule has 1 heteroatoms. The number of aryl methyl sites for hydroxylation is 1. The van der Waals surface area contributed by atoms with E-state index < -0.39 is 0 Å². The molecule has 0 saturated heterocycles. The predicted octanol–water partition coefficient (Wildman–Crippen LogP) is 5.48. The van der Waals surface area contributed by atoms with Crippen molar-refractivity contribution in [2.75, 3.05) is 0 Å². The average Bonchev–Trinajstić information content (AvgIpc) is 2.37. The Balaban J connectivity index is 2.87. The van der Waals surface area contributed by atoms with Crippen molar-refractivity contribution in [1.29, 1.82) is 0 Å². The molecule has 0 heterocycles. The summed E-state index contributed by atoms with van der Waals surface area (Å²) in [4.78, 5) is 11.8. The molecule has 0 spiro atoms. The molecule has 21 heavy (non-hydrogen) atoms. The van der Waals surface area contributed by atoms with Crippen LogP contribution in [-0.2, 0) is 23.1 Å². The van der Waals surface area contributed by atoms with Gasteiger partial charge in [-0.3, -0.25) is 4.79 Å². The lowest BCUT2D eigenvalue weighted by atomic mass is 9.83. The lowest BCUT2D eigenvalue weighted by Crippen LogP contribution is -2.14. The molecule has 0 bridgehead atoms. The molecule has 1 aromatic rings. The van der Waals surface area contributed by atoms with Crippen molar-refractivity contribution >= 4 is 5.78 Å². The summed E-state index contributed by atoms with van der Waals surface area (Å²) in [6.45, 7) is 13.3. The summed E-state index contributed by atoms with van der Waals surface area (Å²) in [6.07, 6.45) is 4.49. The average molecular weight is 288 g/mol. The molecule has 0 aromatic heterocycles. The molecule has 1 atom stereocenters. The van der Waals surface area contributed by atoms with E-state index in [4.69, 9.17) is 0 Å². The molecule has 118 valence electrons. The summed E-state index contributed by atoms with van der Waals surface area (Å²) in [5, 5.41) is 0. The fourth-order valence-corrected chi connectivity index (χ4v) is 2.84. The highest BCUT2D eigenvalue weighted by atomic mass is 16.1. The van der Waals surface area contributed by atoms with Crippen LogP contribution >= 0.6 is 0 Å². The molecule has 0 aliphatic rings. The minimum atomic E-state index is 0.183. The van der Waals surface area contributed by atoms with Crippen LogP contribution in [-0.4, -0.2) is 5.78 Å². The monoisotopic (exact) mass is 288 g/mol. The molecule has 0 N–H and O–H groups in total. The Morgan fingerprint density at radius 1 is 1.14 bits per heavy atom. The summed E-state index contributed by atoms with van der Waals surface area (Å²) in [5.41, 5.74) is 4.43. The Morgan fingerprint density at radius 2 is 1.81 bits per heavy atom. The number of hydrogen-bond donors (Lipinski definition) is 0. The Labute approximate surface area is 131 Å². The Bertz CT molecular complexity index is 465. The van der Waals surface area contributed by atoms with E-state index in [2.05, 4.69) is 59.7 Å². The number of rotatable bonds is 7. The van der Waals surface area contributed by atoms with Crippen LogP contribution in [0.15, 0.2) is 18.2 Å². The first-order valence-electron chi connectivity index (χ1n) is 8.41. The maximum Gasteiger partial charge on any atom is 0.133 e. The molecular weight excluding hydrogens is 256 g/mol. The second-order valence-corrected chi connectivity index (χ2v) is 7.39. The summed E-state index contributed by atoms with van der Waals surface area (Å²) in [6, 6.07) is 6.89. The lowest BCUT2D eigenvalue weighted by molar-refractivity contribution is -0.119. The normalized spacial score (nSPS) is 13.2. The van der Waals surface area contributed by atoms with Gasteiger partial charge in [0, 0.05) is 12.8 Å². The second-order valence-electron chi connectivity index (χ2n) is 7.39. The molecule has 0 aliphatic carbocycles. The van der Waals surface area contributed by atoms with Crippen molar-refractivity contribution in [2.45, 2.75) is 79.1 Å². The van der Waals surface area contributed by atoms with Gasteiger partial charge in [-0.25, -0.2) is 0 Å². The Morgan fingerprint density at radius 3 is 2.33 bits per heavy atom. The maximum atomic E-state index is 11.8. The molecule has 1 rings (SSSR count). The van der Waals surface area contributed by atoms with Crippen molar-refractivity contribution in [3.8, 4) is 0 Å². The van der Waals surface area contributed by atoms with Crippen molar-refractivity contribution in [3.05, 3.63) is 34.9 Å². The summed E-state index contributed by atoms with van der Waals surface area (Å²) >= 11 is 0. The van der Waals surface area contributed by atoms with E-state index in [-0.39, 0.29) is 5.41 Å². The molecule has 1 unspecified atom stereocenters. The van der Waals surface area contributed by atoms with Crippen LogP contribution in [0, 0.1) is 5.92 Å². The van der Waals surface area contributed by atoms with Gasteiger partial charge < -0.3 is 0 Å². The van der Waals surface area contributed by atoms with E-state index in [1.165, 1.54) is 16.7 Å². The highest BCUT2D eigenvalue weighted by Gasteiger charge is 2.17. The molecule has 0 saturated carbocycles. The molecule has 0 aliphatic heterocycles. The van der Waals surface area contributed by atoms with E-state index in [0.717, 1.165) is 32.1 Å². The van der Waals surface area contributed by atoms with Gasteiger partial charge in [0.25, 0.3) is 0 Å². The minimum Gasteiger partial charge on any atom is -0.300 e. The number of benzene rings is 1. The van der Waals surface area contributed by atoms with Gasteiger partial charge >= 0.3 is 0 Å². The zero-order chi connectivity index (χ0) is 16.0. The molecule has 0 fully saturated rings. The predicted molar refractivity (Wildman–Crippen MR) is 91.9 cm³/mol. The highest BCUT2D eigenvalue weighted by Crippen LogP contribution is 2.27. The summed E-state index contributed by atoms with van der Waals surface area (Å²) in [7, 11) is 0. The van der Waals surface area contributed by atoms with Gasteiger partial charge in [0.1, 0.15) is 5.78 Å². The van der Waals surface area contributed by atoms with E-state index in [1.54, 1.807) is 0 Å². The topological polar surface area (TPSA) is 17.1 Å². The van der Waals surface area contributed by atoms with Crippen molar-refractivity contribution < 1.29 is 4.79 Å². The largest absolute Gasteiger partial charge is 0.300 e. The standard InChI is InChI=1S/C20H32O/c1-7-9-19(21)13-15(3)12-17-14-18(20(4,5)6)11-10-16(17)8-2/h10-11,14-15H,7-9,12-13H2,1-6H3. The van der Waals surface area contributed by atoms with Gasteiger partial charge in [0.2, 0.25) is 0 Å². The van der Waals surface area contributed by atoms with Crippen LogP contribution in [0.1, 0.15) is 77.5 Å². The third-order valence-electron chi connectivity index (χ3n) is 4.13. The number of carbonyl (C=O) groups excluding carboxylic acids is 1. The van der Waals surface area contributed by atoms with Crippen molar-refractivity contribution in [1.82, 2.24) is 0 Å². The second kappa shape index (κ2) is 7.77. The maximum absolute atomic E-state index is 11.8. The van der Waals surface area contributed by atoms with E-state index in [1.807, 2.05) is 0 Å². The molecule has 1 nitrogen and oxygen atoms in total. The Hall–Kier alpha value is -1.11. The molecular formula is C20H32O. The van der Waals surface area contributed by atoms with Crippen LogP contribution in [0.5, 0.6) is 0 Å². The first kappa shape index (κ1) is 17.9. The lowest BCUT2D eigenvalue weighted by Gasteiger charge is -2.22. The van der Waals surface area contributed by atoms with Crippen LogP contribution < -0.4 is 0 Å². The quantitative estimate of drug-likeness (QED) is 0.649. The van der Waals surface area contributed by atoms with Gasteiger partial charge in [-0.15, -0.1) is 0 Å². The zero-order valence-corrected chi connectivity index (χ0v) is 14.8. The van der Waals surface area contributed by atoms with Gasteiger partial charge in [-0.2, -0.15) is 0 Å². The number of ketones is 1. The smallest absolute Gasteiger partial charge is 0.133 e. The highest BCUT2D eigenvalue weighted by molar-refractivity contribution is 5.78. The van der Waals surface area contributed by atoms with Crippen LogP contribution in [0.4, 0.5) is 0 Å². The van der Waals surface area contributed by atoms with Gasteiger partial charge in [0.05, 0.1) is 0 Å². The number of Topliss-reactive ketones (excluding diaryl/α,β-unsaturated/α-hetero) is 1. The van der Waals surface area contributed by atoms with Crippen LogP contribution in [0.25, 0.3) is 0 Å². The third-order valence-corrected chi connectivity index (χ3v) is 4.13. The third kappa shape index (κ3) is 5.65. The number of carbonyl (C=O) groups is 1. The molecule has 1 aromatic carbocycles. The zero-order valence-electron chi connectivity index (χ0n) is 14.8. The SMILES string of the molecule is CCCC(=O)CC(C)Cc1cc(C(C)(C)C)ccc1CC. The minimum absolute atomic E-state index is 0.183. The van der Waals surface area contributed by atoms with Crippen LogP contribution in [0.3, 0.4) is 0 Å². The van der Waals surface area contributed by atoms with E-state index >= 15 is 0 Å². The van der Waals surface area contributed by atoms with Crippen molar-refractivity contribution in [2.24, 2.45) is 5.92 Å². The number of hydrogen-bond acceptors (Lipinski definition) is 1. The van der Waals surface area contributed by atoms with Crippen molar-refractivity contribution in [3.63, 3.8) is 0 Å². The fourth-order valence-electron chi connectivity index (χ4n) is 2.84. The van der Waals surface area contributed by atoms with Gasteiger partial charge in [0.15, 0.2) is 0 Å². The van der Waals surface area contributed by atoms with E-state index in [9.17, 15) is 4.79 Å². The van der Waals surface area contributed by atoms with Gasteiger partial charge in [-0.1, -0.05) is 59.7 Å².